The fourth-order valence-electron chi connectivity index (χ4n) is 7.47. The molecule has 0 heterocycles. The molecule has 7 nitrogen and oxygen atoms in total. The molecule has 7 heteroatoms. The van der Waals surface area contributed by atoms with Gasteiger partial charge in [0.15, 0.2) is 0 Å². The van der Waals surface area contributed by atoms with Gasteiger partial charge in [-0.05, 0) is 102 Å². The summed E-state index contributed by atoms with van der Waals surface area (Å²) in [5, 5.41) is 0. The molecule has 0 aliphatic carbocycles. The lowest BCUT2D eigenvalue weighted by molar-refractivity contribution is -0.153. The number of allylic oxidation sites excluding steroid dienone is 2. The van der Waals surface area contributed by atoms with E-state index in [0.29, 0.717) is 58.2 Å². The monoisotopic (exact) mass is 748 g/mol. The zero-order chi connectivity index (χ0) is 39.6. The van der Waals surface area contributed by atoms with Crippen molar-refractivity contribution >= 4 is 17.9 Å². The SMILES string of the molecule is CCCCCCCC/C=C\CCOC(=O)CCCCC(CCCCC(=O)OC/C=C\CCCCCCCC)OC(=O)CC(C)(C)CC(C)(C)CN(C)C. The predicted molar refractivity (Wildman–Crippen MR) is 223 cm³/mol. The van der Waals surface area contributed by atoms with E-state index in [2.05, 4.69) is 78.8 Å². The van der Waals surface area contributed by atoms with E-state index in [-0.39, 0.29) is 34.8 Å². The molecular weight excluding hydrogens is 663 g/mol. The Kier molecular flexibility index (Phi) is 31.9. The summed E-state index contributed by atoms with van der Waals surface area (Å²) in [6.07, 6.45) is 32.8. The Morgan fingerprint density at radius 3 is 1.60 bits per heavy atom. The lowest BCUT2D eigenvalue weighted by atomic mass is 9.73. The highest BCUT2D eigenvalue weighted by molar-refractivity contribution is 5.70. The van der Waals surface area contributed by atoms with E-state index in [1.165, 1.54) is 77.0 Å². The number of unbranched alkanes of at least 4 members (excludes halogenated alkanes) is 14. The fraction of sp³-hybridized carbons (Fsp3) is 0.848. The van der Waals surface area contributed by atoms with Crippen LogP contribution in [0.25, 0.3) is 0 Å². The Bertz CT molecular complexity index is 969. The number of hydrogen-bond donors (Lipinski definition) is 0. The third kappa shape index (κ3) is 35.3. The first-order valence-electron chi connectivity index (χ1n) is 21.8. The number of nitrogens with zero attached hydrogens (tertiary/aromatic N) is 1. The largest absolute Gasteiger partial charge is 0.465 e. The second-order valence-electron chi connectivity index (χ2n) is 17.3. The van der Waals surface area contributed by atoms with Crippen molar-refractivity contribution < 1.29 is 28.6 Å². The Morgan fingerprint density at radius 1 is 0.566 bits per heavy atom. The maximum absolute atomic E-state index is 13.2. The van der Waals surface area contributed by atoms with Gasteiger partial charge in [-0.25, -0.2) is 0 Å². The van der Waals surface area contributed by atoms with E-state index in [4.69, 9.17) is 14.2 Å². The van der Waals surface area contributed by atoms with Crippen LogP contribution in [0.4, 0.5) is 0 Å². The van der Waals surface area contributed by atoms with Crippen LogP contribution >= 0.6 is 0 Å². The molecule has 0 aromatic carbocycles. The Labute approximate surface area is 327 Å². The number of carbonyl (C=O) groups excluding carboxylic acids is 3. The molecule has 0 amide bonds. The Balaban J connectivity index is 4.67. The van der Waals surface area contributed by atoms with Gasteiger partial charge in [-0.1, -0.05) is 130 Å². The molecule has 0 N–H and O–H groups in total. The van der Waals surface area contributed by atoms with E-state index in [0.717, 1.165) is 45.1 Å². The number of esters is 3. The summed E-state index contributed by atoms with van der Waals surface area (Å²) in [5.74, 6) is -0.519. The molecule has 0 radical (unpaired) electrons. The quantitative estimate of drug-likeness (QED) is 0.0273. The summed E-state index contributed by atoms with van der Waals surface area (Å²) in [6, 6.07) is 0. The van der Waals surface area contributed by atoms with Crippen LogP contribution in [0.3, 0.4) is 0 Å². The van der Waals surface area contributed by atoms with E-state index < -0.39 is 0 Å². The van der Waals surface area contributed by atoms with Gasteiger partial charge < -0.3 is 19.1 Å². The van der Waals surface area contributed by atoms with Gasteiger partial charge in [0, 0.05) is 19.4 Å². The molecule has 0 aliphatic rings. The summed E-state index contributed by atoms with van der Waals surface area (Å²) in [6.45, 7) is 15.0. The first-order chi connectivity index (χ1) is 25.3. The molecule has 1 unspecified atom stereocenters. The second kappa shape index (κ2) is 33.2. The standard InChI is InChI=1S/C46H85NO6/c1-9-11-13-15-17-19-21-23-25-31-37-52-43(49)35-29-27-33-41(53-44(50)38-45(3,4)39-46(5,6)40-47(7)8)32-26-28-34-42(48)51-36-30-24-22-20-18-16-14-12-10-2/h23-25,30,41H,9-22,26-29,31-40H2,1-8H3/b25-23-,30-24-. The van der Waals surface area contributed by atoms with Crippen LogP contribution in [0.1, 0.15) is 202 Å². The van der Waals surface area contributed by atoms with Crippen molar-refractivity contribution in [2.75, 3.05) is 33.9 Å². The molecule has 0 saturated heterocycles. The van der Waals surface area contributed by atoms with Gasteiger partial charge in [-0.15, -0.1) is 0 Å². The van der Waals surface area contributed by atoms with Crippen molar-refractivity contribution in [2.24, 2.45) is 10.8 Å². The molecule has 0 fully saturated rings. The normalized spacial score (nSPS) is 12.9. The highest BCUT2D eigenvalue weighted by atomic mass is 16.5. The lowest BCUT2D eigenvalue weighted by Gasteiger charge is -2.36. The van der Waals surface area contributed by atoms with Gasteiger partial charge in [0.25, 0.3) is 0 Å². The Hall–Kier alpha value is -2.15. The van der Waals surface area contributed by atoms with Crippen molar-refractivity contribution in [3.8, 4) is 0 Å². The van der Waals surface area contributed by atoms with Crippen LogP contribution in [0.2, 0.25) is 0 Å². The van der Waals surface area contributed by atoms with Gasteiger partial charge in [0.1, 0.15) is 12.7 Å². The number of ether oxygens (including phenoxy) is 3. The molecule has 0 aliphatic heterocycles. The number of rotatable bonds is 36. The first-order valence-corrected chi connectivity index (χ1v) is 21.8. The summed E-state index contributed by atoms with van der Waals surface area (Å²) in [5.41, 5.74) is -0.120. The van der Waals surface area contributed by atoms with Gasteiger partial charge in [0.2, 0.25) is 0 Å². The predicted octanol–water partition coefficient (Wildman–Crippen LogP) is 12.5. The molecule has 0 aromatic heterocycles. The zero-order valence-electron chi connectivity index (χ0n) is 36.1. The minimum atomic E-state index is -0.234. The Morgan fingerprint density at radius 2 is 1.06 bits per heavy atom. The third-order valence-corrected chi connectivity index (χ3v) is 9.61. The lowest BCUT2D eigenvalue weighted by Crippen LogP contribution is -2.34. The molecule has 1 atom stereocenters. The molecule has 53 heavy (non-hydrogen) atoms. The summed E-state index contributed by atoms with van der Waals surface area (Å²) in [4.78, 5) is 40.1. The zero-order valence-corrected chi connectivity index (χ0v) is 36.1. The molecule has 0 bridgehead atoms. The van der Waals surface area contributed by atoms with Crippen molar-refractivity contribution in [2.45, 2.75) is 208 Å². The van der Waals surface area contributed by atoms with Crippen molar-refractivity contribution in [3.05, 3.63) is 24.3 Å². The van der Waals surface area contributed by atoms with Crippen LogP contribution in [-0.2, 0) is 28.6 Å². The maximum Gasteiger partial charge on any atom is 0.306 e. The van der Waals surface area contributed by atoms with Crippen LogP contribution in [-0.4, -0.2) is 62.8 Å². The van der Waals surface area contributed by atoms with Crippen LogP contribution in [0, 0.1) is 10.8 Å². The van der Waals surface area contributed by atoms with E-state index in [1.54, 1.807) is 0 Å². The van der Waals surface area contributed by atoms with Gasteiger partial charge in [-0.3, -0.25) is 14.4 Å². The second-order valence-corrected chi connectivity index (χ2v) is 17.3. The van der Waals surface area contributed by atoms with Crippen molar-refractivity contribution in [3.63, 3.8) is 0 Å². The van der Waals surface area contributed by atoms with Crippen LogP contribution in [0.15, 0.2) is 24.3 Å². The minimum Gasteiger partial charge on any atom is -0.465 e. The van der Waals surface area contributed by atoms with E-state index >= 15 is 0 Å². The van der Waals surface area contributed by atoms with Gasteiger partial charge in [-0.2, -0.15) is 0 Å². The molecule has 0 spiro atoms. The molecule has 0 aromatic rings. The average Bonchev–Trinajstić information content (AvgIpc) is 3.06. The highest BCUT2D eigenvalue weighted by Gasteiger charge is 2.32. The van der Waals surface area contributed by atoms with Crippen molar-refractivity contribution in [1.29, 1.82) is 0 Å². The topological polar surface area (TPSA) is 82.1 Å². The molecule has 0 rings (SSSR count). The van der Waals surface area contributed by atoms with Crippen molar-refractivity contribution in [1.82, 2.24) is 4.90 Å². The van der Waals surface area contributed by atoms with E-state index in [1.807, 2.05) is 6.08 Å². The summed E-state index contributed by atoms with van der Waals surface area (Å²) >= 11 is 0. The smallest absolute Gasteiger partial charge is 0.306 e. The summed E-state index contributed by atoms with van der Waals surface area (Å²) < 4.78 is 16.9. The molecule has 0 saturated carbocycles. The first kappa shape index (κ1) is 50.9. The maximum atomic E-state index is 13.2. The summed E-state index contributed by atoms with van der Waals surface area (Å²) in [7, 11) is 4.16. The highest BCUT2D eigenvalue weighted by Crippen LogP contribution is 2.37. The molecule has 310 valence electrons. The average molecular weight is 748 g/mol. The van der Waals surface area contributed by atoms with E-state index in [9.17, 15) is 14.4 Å². The van der Waals surface area contributed by atoms with Gasteiger partial charge >= 0.3 is 17.9 Å². The third-order valence-electron chi connectivity index (χ3n) is 9.61. The van der Waals surface area contributed by atoms with Crippen LogP contribution in [0.5, 0.6) is 0 Å². The number of hydrogen-bond acceptors (Lipinski definition) is 7. The van der Waals surface area contributed by atoms with Gasteiger partial charge in [0.05, 0.1) is 13.0 Å². The van der Waals surface area contributed by atoms with Crippen LogP contribution < -0.4 is 0 Å². The molecular formula is C46H85NO6. The fourth-order valence-corrected chi connectivity index (χ4v) is 7.47. The minimum absolute atomic E-state index is 0.0728. The number of carbonyl (C=O) groups is 3.